The number of aromatic nitrogens is 2. The number of pyridine rings is 1. The number of halogens is 1. The first kappa shape index (κ1) is 15.9. The number of hydrogen-bond donors (Lipinski definition) is 0. The van der Waals surface area contributed by atoms with Gasteiger partial charge in [0, 0.05) is 50.8 Å². The number of hydrogen-bond acceptors (Lipinski definition) is 4. The van der Waals surface area contributed by atoms with E-state index in [0.29, 0.717) is 10.7 Å². The zero-order chi connectivity index (χ0) is 16.7. The molecule has 0 saturated carbocycles. The smallest absolute Gasteiger partial charge is 0.274 e. The average Bonchev–Trinajstić information content (AvgIpc) is 3.01. The number of carbonyl (C=O) groups is 1. The Balaban J connectivity index is 1.58. The molecule has 24 heavy (non-hydrogen) atoms. The van der Waals surface area contributed by atoms with Gasteiger partial charge in [-0.1, -0.05) is 11.6 Å². The van der Waals surface area contributed by atoms with Crippen LogP contribution in [0.2, 0.25) is 5.02 Å². The minimum Gasteiger partial charge on any atom is -0.381 e. The standard InChI is InChI=1S/C17H21ClN4O2/c1-20-6-7-21(12-17(20)4-8-24-9-5-17)16(23)14-11-22-10-13(18)2-3-15(22)19-14/h2-3,10-11H,4-9,12H2,1H3. The minimum absolute atomic E-state index is 0.00575. The predicted molar refractivity (Wildman–Crippen MR) is 91.5 cm³/mol. The number of likely N-dealkylation sites (N-methyl/N-ethyl adjacent to an activating group) is 1. The Morgan fingerprint density at radius 3 is 2.83 bits per heavy atom. The van der Waals surface area contributed by atoms with Gasteiger partial charge in [-0.15, -0.1) is 0 Å². The summed E-state index contributed by atoms with van der Waals surface area (Å²) in [4.78, 5) is 21.7. The lowest BCUT2D eigenvalue weighted by Crippen LogP contribution is -2.63. The van der Waals surface area contributed by atoms with E-state index < -0.39 is 0 Å². The average molecular weight is 349 g/mol. The van der Waals surface area contributed by atoms with Gasteiger partial charge in [0.1, 0.15) is 11.3 Å². The summed E-state index contributed by atoms with van der Waals surface area (Å²) in [7, 11) is 2.15. The number of carbonyl (C=O) groups excluding carboxylic acids is 1. The molecule has 2 aromatic heterocycles. The summed E-state index contributed by atoms with van der Waals surface area (Å²) < 4.78 is 7.32. The maximum Gasteiger partial charge on any atom is 0.274 e. The van der Waals surface area contributed by atoms with Crippen molar-refractivity contribution in [2.75, 3.05) is 39.9 Å². The molecule has 2 fully saturated rings. The van der Waals surface area contributed by atoms with E-state index in [1.807, 2.05) is 11.0 Å². The number of ether oxygens (including phenoxy) is 1. The second-order valence-electron chi connectivity index (χ2n) is 6.72. The van der Waals surface area contributed by atoms with E-state index in [1.165, 1.54) is 0 Å². The Kier molecular flexibility index (Phi) is 3.98. The molecule has 0 atom stereocenters. The molecule has 7 heteroatoms. The maximum absolute atomic E-state index is 13.0. The minimum atomic E-state index is -0.00575. The molecule has 0 N–H and O–H groups in total. The predicted octanol–water partition coefficient (Wildman–Crippen LogP) is 1.92. The molecule has 1 spiro atoms. The second-order valence-corrected chi connectivity index (χ2v) is 7.16. The van der Waals surface area contributed by atoms with Crippen LogP contribution in [-0.2, 0) is 4.74 Å². The topological polar surface area (TPSA) is 50.1 Å². The van der Waals surface area contributed by atoms with Gasteiger partial charge in [0.05, 0.1) is 5.02 Å². The van der Waals surface area contributed by atoms with Crippen LogP contribution in [0.5, 0.6) is 0 Å². The zero-order valence-electron chi connectivity index (χ0n) is 13.7. The number of nitrogens with zero attached hydrogens (tertiary/aromatic N) is 4. The highest BCUT2D eigenvalue weighted by atomic mass is 35.5. The second kappa shape index (κ2) is 6.02. The van der Waals surface area contributed by atoms with Gasteiger partial charge in [-0.25, -0.2) is 4.98 Å². The van der Waals surface area contributed by atoms with Crippen LogP contribution in [-0.4, -0.2) is 70.5 Å². The number of imidazole rings is 1. The molecule has 4 rings (SSSR count). The first-order chi connectivity index (χ1) is 11.6. The Morgan fingerprint density at radius 1 is 1.25 bits per heavy atom. The van der Waals surface area contributed by atoms with Crippen molar-refractivity contribution >= 4 is 23.2 Å². The van der Waals surface area contributed by atoms with E-state index in [1.54, 1.807) is 22.9 Å². The molecule has 6 nitrogen and oxygen atoms in total. The molecular weight excluding hydrogens is 328 g/mol. The molecule has 0 unspecified atom stereocenters. The molecule has 1 amide bonds. The summed E-state index contributed by atoms with van der Waals surface area (Å²) in [6, 6.07) is 3.61. The summed E-state index contributed by atoms with van der Waals surface area (Å²) >= 11 is 6.01. The van der Waals surface area contributed by atoms with Crippen LogP contribution in [0.3, 0.4) is 0 Å². The summed E-state index contributed by atoms with van der Waals surface area (Å²) in [6.07, 6.45) is 5.46. The fraction of sp³-hybridized carbons (Fsp3) is 0.529. The lowest BCUT2D eigenvalue weighted by atomic mass is 9.86. The lowest BCUT2D eigenvalue weighted by Gasteiger charge is -2.51. The van der Waals surface area contributed by atoms with Crippen LogP contribution >= 0.6 is 11.6 Å². The summed E-state index contributed by atoms with van der Waals surface area (Å²) in [5, 5.41) is 0.625. The van der Waals surface area contributed by atoms with Crippen molar-refractivity contribution < 1.29 is 9.53 Å². The first-order valence-corrected chi connectivity index (χ1v) is 8.68. The highest BCUT2D eigenvalue weighted by Gasteiger charge is 2.42. The summed E-state index contributed by atoms with van der Waals surface area (Å²) in [6.45, 7) is 3.87. The molecule has 2 aromatic rings. The number of piperazine rings is 1. The van der Waals surface area contributed by atoms with Crippen LogP contribution < -0.4 is 0 Å². The zero-order valence-corrected chi connectivity index (χ0v) is 14.5. The van der Waals surface area contributed by atoms with Crippen molar-refractivity contribution in [3.63, 3.8) is 0 Å². The molecule has 0 aromatic carbocycles. The molecule has 0 radical (unpaired) electrons. The van der Waals surface area contributed by atoms with Gasteiger partial charge in [0.15, 0.2) is 0 Å². The number of fused-ring (bicyclic) bond motifs is 1. The lowest BCUT2D eigenvalue weighted by molar-refractivity contribution is -0.0544. The third kappa shape index (κ3) is 2.68. The van der Waals surface area contributed by atoms with Crippen LogP contribution in [0.4, 0.5) is 0 Å². The van der Waals surface area contributed by atoms with E-state index in [4.69, 9.17) is 16.3 Å². The Bertz CT molecular complexity index is 769. The molecule has 128 valence electrons. The van der Waals surface area contributed by atoms with Crippen molar-refractivity contribution in [3.05, 3.63) is 35.2 Å². The number of rotatable bonds is 1. The Morgan fingerprint density at radius 2 is 2.04 bits per heavy atom. The largest absolute Gasteiger partial charge is 0.381 e. The molecule has 0 aliphatic carbocycles. The molecule has 0 bridgehead atoms. The summed E-state index contributed by atoms with van der Waals surface area (Å²) in [5.41, 5.74) is 1.25. The van der Waals surface area contributed by atoms with Gasteiger partial charge < -0.3 is 14.0 Å². The SMILES string of the molecule is CN1CCN(C(=O)c2cn3cc(Cl)ccc3n2)CC12CCOCC2. The quantitative estimate of drug-likeness (QED) is 0.790. The summed E-state index contributed by atoms with van der Waals surface area (Å²) in [5.74, 6) is -0.00575. The molecule has 2 saturated heterocycles. The van der Waals surface area contributed by atoms with E-state index in [0.717, 1.165) is 51.3 Å². The molecule has 4 heterocycles. The van der Waals surface area contributed by atoms with E-state index in [9.17, 15) is 4.79 Å². The third-order valence-corrected chi connectivity index (χ3v) is 5.57. The molecule has 2 aliphatic heterocycles. The van der Waals surface area contributed by atoms with Crippen LogP contribution in [0, 0.1) is 0 Å². The first-order valence-electron chi connectivity index (χ1n) is 8.30. The van der Waals surface area contributed by atoms with Crippen molar-refractivity contribution in [2.24, 2.45) is 0 Å². The van der Waals surface area contributed by atoms with E-state index >= 15 is 0 Å². The van der Waals surface area contributed by atoms with Gasteiger partial charge in [0.2, 0.25) is 0 Å². The Hall–Kier alpha value is -1.63. The third-order valence-electron chi connectivity index (χ3n) is 5.35. The van der Waals surface area contributed by atoms with Crippen molar-refractivity contribution in [2.45, 2.75) is 18.4 Å². The van der Waals surface area contributed by atoms with E-state index in [2.05, 4.69) is 16.9 Å². The highest BCUT2D eigenvalue weighted by Crippen LogP contribution is 2.31. The van der Waals surface area contributed by atoms with E-state index in [-0.39, 0.29) is 11.4 Å². The van der Waals surface area contributed by atoms with Gasteiger partial charge in [-0.05, 0) is 32.0 Å². The normalized spacial score (nSPS) is 21.5. The fourth-order valence-electron chi connectivity index (χ4n) is 3.76. The van der Waals surface area contributed by atoms with Gasteiger partial charge in [-0.2, -0.15) is 0 Å². The van der Waals surface area contributed by atoms with Gasteiger partial charge >= 0.3 is 0 Å². The number of amides is 1. The molecular formula is C17H21ClN4O2. The fourth-order valence-corrected chi connectivity index (χ4v) is 3.93. The molecule has 2 aliphatic rings. The monoisotopic (exact) mass is 348 g/mol. The van der Waals surface area contributed by atoms with Crippen LogP contribution in [0.25, 0.3) is 5.65 Å². The van der Waals surface area contributed by atoms with Crippen molar-refractivity contribution in [1.29, 1.82) is 0 Å². The van der Waals surface area contributed by atoms with Crippen LogP contribution in [0.15, 0.2) is 24.5 Å². The van der Waals surface area contributed by atoms with Crippen molar-refractivity contribution in [3.8, 4) is 0 Å². The maximum atomic E-state index is 13.0. The highest BCUT2D eigenvalue weighted by molar-refractivity contribution is 6.30. The van der Waals surface area contributed by atoms with Gasteiger partial charge in [-0.3, -0.25) is 9.69 Å². The van der Waals surface area contributed by atoms with Gasteiger partial charge in [0.25, 0.3) is 5.91 Å². The van der Waals surface area contributed by atoms with Crippen LogP contribution in [0.1, 0.15) is 23.3 Å². The Labute approximate surface area is 146 Å². The van der Waals surface area contributed by atoms with Crippen molar-refractivity contribution in [1.82, 2.24) is 19.2 Å².